The molecule has 0 N–H and O–H groups in total. The number of thiazole rings is 1. The Morgan fingerprint density at radius 1 is 1.16 bits per heavy atom. The van der Waals surface area contributed by atoms with Crippen LogP contribution in [0.1, 0.15) is 34.4 Å². The summed E-state index contributed by atoms with van der Waals surface area (Å²) in [5, 5.41) is 4.34. The number of carbonyl (C=O) groups is 1. The van der Waals surface area contributed by atoms with E-state index in [9.17, 15) is 4.79 Å². The number of rotatable bonds is 5. The van der Waals surface area contributed by atoms with Crippen LogP contribution in [0.3, 0.4) is 0 Å². The zero-order valence-electron chi connectivity index (χ0n) is 14.2. The van der Waals surface area contributed by atoms with Gasteiger partial charge in [-0.3, -0.25) is 9.69 Å². The summed E-state index contributed by atoms with van der Waals surface area (Å²) in [6.45, 7) is 6.13. The zero-order chi connectivity index (χ0) is 17.8. The summed E-state index contributed by atoms with van der Waals surface area (Å²) < 4.78 is 0. The maximum atomic E-state index is 12.6. The van der Waals surface area contributed by atoms with Gasteiger partial charge in [0.05, 0.1) is 10.7 Å². The second kappa shape index (κ2) is 8.49. The monoisotopic (exact) mass is 397 g/mol. The fourth-order valence-electron chi connectivity index (χ4n) is 2.95. The minimum Gasteiger partial charge on any atom is -0.336 e. The average molecular weight is 398 g/mol. The summed E-state index contributed by atoms with van der Waals surface area (Å²) in [4.78, 5) is 21.5. The molecule has 1 amide bonds. The van der Waals surface area contributed by atoms with Gasteiger partial charge in [0, 0.05) is 53.7 Å². The van der Waals surface area contributed by atoms with Gasteiger partial charge in [-0.25, -0.2) is 4.98 Å². The summed E-state index contributed by atoms with van der Waals surface area (Å²) >= 11 is 13.7. The molecular weight excluding hydrogens is 377 g/mol. The first kappa shape index (κ1) is 18.6. The number of nitrogens with zero attached hydrogens (tertiary/aromatic N) is 3. The lowest BCUT2D eigenvalue weighted by Gasteiger charge is -2.34. The Morgan fingerprint density at radius 2 is 1.84 bits per heavy atom. The van der Waals surface area contributed by atoms with Crippen molar-refractivity contribution in [3.8, 4) is 0 Å². The van der Waals surface area contributed by atoms with Gasteiger partial charge in [-0.15, -0.1) is 11.3 Å². The Kier molecular flexibility index (Phi) is 6.34. The fraction of sp³-hybridized carbons (Fsp3) is 0.444. The molecule has 1 aliphatic rings. The van der Waals surface area contributed by atoms with Gasteiger partial charge in [0.1, 0.15) is 0 Å². The number of carbonyl (C=O) groups excluding carboxylic acids is 1. The quantitative estimate of drug-likeness (QED) is 0.751. The molecule has 1 fully saturated rings. The van der Waals surface area contributed by atoms with Crippen molar-refractivity contribution in [3.05, 3.63) is 49.9 Å². The molecule has 0 radical (unpaired) electrons. The topological polar surface area (TPSA) is 36.4 Å². The van der Waals surface area contributed by atoms with E-state index in [1.807, 2.05) is 4.90 Å². The largest absolute Gasteiger partial charge is 0.336 e. The van der Waals surface area contributed by atoms with E-state index in [2.05, 4.69) is 22.2 Å². The molecule has 0 atom stereocenters. The van der Waals surface area contributed by atoms with Crippen molar-refractivity contribution < 1.29 is 4.79 Å². The highest BCUT2D eigenvalue weighted by molar-refractivity contribution is 7.09. The van der Waals surface area contributed by atoms with Gasteiger partial charge in [-0.1, -0.05) is 30.1 Å². The van der Waals surface area contributed by atoms with Crippen LogP contribution in [0.15, 0.2) is 23.6 Å². The van der Waals surface area contributed by atoms with Crippen LogP contribution in [0.5, 0.6) is 0 Å². The smallest absolute Gasteiger partial charge is 0.254 e. The Balaban J connectivity index is 1.55. The highest BCUT2D eigenvalue weighted by Gasteiger charge is 2.23. The number of hydrogen-bond donors (Lipinski definition) is 0. The van der Waals surface area contributed by atoms with E-state index in [1.54, 1.807) is 29.5 Å². The average Bonchev–Trinajstić information content (AvgIpc) is 3.01. The third kappa shape index (κ3) is 4.94. The van der Waals surface area contributed by atoms with Crippen LogP contribution in [0.4, 0.5) is 0 Å². The molecule has 0 spiro atoms. The van der Waals surface area contributed by atoms with Crippen molar-refractivity contribution in [1.82, 2.24) is 14.8 Å². The lowest BCUT2D eigenvalue weighted by atomic mass is 10.2. The predicted molar refractivity (Wildman–Crippen MR) is 104 cm³/mol. The van der Waals surface area contributed by atoms with Crippen molar-refractivity contribution in [2.45, 2.75) is 26.3 Å². The number of aryl methyl sites for hydroxylation is 1. The third-order valence-electron chi connectivity index (χ3n) is 4.22. The zero-order valence-corrected chi connectivity index (χ0v) is 16.5. The van der Waals surface area contributed by atoms with E-state index in [0.717, 1.165) is 38.2 Å². The summed E-state index contributed by atoms with van der Waals surface area (Å²) in [6, 6.07) is 4.98. The van der Waals surface area contributed by atoms with Crippen LogP contribution >= 0.6 is 34.5 Å². The molecule has 1 saturated heterocycles. The second-order valence-corrected chi connectivity index (χ2v) is 8.02. The van der Waals surface area contributed by atoms with E-state index >= 15 is 0 Å². The molecule has 3 rings (SSSR count). The van der Waals surface area contributed by atoms with Crippen molar-refractivity contribution in [3.63, 3.8) is 0 Å². The van der Waals surface area contributed by atoms with E-state index in [1.165, 1.54) is 5.01 Å². The van der Waals surface area contributed by atoms with Gasteiger partial charge < -0.3 is 4.90 Å². The normalized spacial score (nSPS) is 15.6. The van der Waals surface area contributed by atoms with Crippen LogP contribution in [-0.4, -0.2) is 46.9 Å². The fourth-order valence-corrected chi connectivity index (χ4v) is 4.37. The molecule has 134 valence electrons. The Bertz CT molecular complexity index is 721. The standard InChI is InChI=1S/C18H21Cl2N3OS/c1-2-3-17-21-16(12-25-17)11-22-4-6-23(7-5-22)18(24)13-8-14(19)10-15(20)9-13/h8-10,12H,2-7,11H2,1H3. The van der Waals surface area contributed by atoms with Crippen molar-refractivity contribution >= 4 is 40.4 Å². The number of hydrogen-bond acceptors (Lipinski definition) is 4. The predicted octanol–water partition coefficient (Wildman–Crippen LogP) is 4.36. The van der Waals surface area contributed by atoms with Gasteiger partial charge in [0.2, 0.25) is 0 Å². The van der Waals surface area contributed by atoms with Crippen LogP contribution < -0.4 is 0 Å². The molecule has 2 heterocycles. The molecule has 1 aromatic carbocycles. The minimum atomic E-state index is -0.0112. The SMILES string of the molecule is CCCc1nc(CN2CCN(C(=O)c3cc(Cl)cc(Cl)c3)CC2)cs1. The molecule has 1 aliphatic heterocycles. The molecule has 4 nitrogen and oxygen atoms in total. The van der Waals surface area contributed by atoms with Crippen LogP contribution in [-0.2, 0) is 13.0 Å². The first-order valence-corrected chi connectivity index (χ1v) is 10.1. The number of halogens is 2. The lowest BCUT2D eigenvalue weighted by molar-refractivity contribution is 0.0627. The minimum absolute atomic E-state index is 0.0112. The van der Waals surface area contributed by atoms with Crippen LogP contribution in [0.2, 0.25) is 10.0 Å². The first-order chi connectivity index (χ1) is 12.0. The molecular formula is C18H21Cl2N3OS. The molecule has 0 saturated carbocycles. The molecule has 0 unspecified atom stereocenters. The van der Waals surface area contributed by atoms with Gasteiger partial charge >= 0.3 is 0 Å². The number of amides is 1. The maximum absolute atomic E-state index is 12.6. The Hall–Kier alpha value is -1.14. The van der Waals surface area contributed by atoms with Gasteiger partial charge in [0.25, 0.3) is 5.91 Å². The third-order valence-corrected chi connectivity index (χ3v) is 5.61. The molecule has 0 aliphatic carbocycles. The highest BCUT2D eigenvalue weighted by atomic mass is 35.5. The van der Waals surface area contributed by atoms with E-state index in [-0.39, 0.29) is 5.91 Å². The Labute approximate surface area is 162 Å². The molecule has 0 bridgehead atoms. The van der Waals surface area contributed by atoms with Crippen LogP contribution in [0.25, 0.3) is 0 Å². The second-order valence-electron chi connectivity index (χ2n) is 6.21. The van der Waals surface area contributed by atoms with Crippen molar-refractivity contribution in [1.29, 1.82) is 0 Å². The summed E-state index contributed by atoms with van der Waals surface area (Å²) in [5.74, 6) is -0.0112. The van der Waals surface area contributed by atoms with Crippen LogP contribution in [0, 0.1) is 0 Å². The summed E-state index contributed by atoms with van der Waals surface area (Å²) in [7, 11) is 0. The van der Waals surface area contributed by atoms with E-state index in [0.29, 0.717) is 28.7 Å². The van der Waals surface area contributed by atoms with Crippen molar-refractivity contribution in [2.75, 3.05) is 26.2 Å². The van der Waals surface area contributed by atoms with Crippen molar-refractivity contribution in [2.24, 2.45) is 0 Å². The number of piperazine rings is 1. The molecule has 7 heteroatoms. The Morgan fingerprint density at radius 3 is 2.48 bits per heavy atom. The van der Waals surface area contributed by atoms with Gasteiger partial charge in [0.15, 0.2) is 0 Å². The summed E-state index contributed by atoms with van der Waals surface area (Å²) in [6.07, 6.45) is 2.18. The first-order valence-electron chi connectivity index (χ1n) is 8.46. The van der Waals surface area contributed by atoms with Gasteiger partial charge in [-0.05, 0) is 31.0 Å². The highest BCUT2D eigenvalue weighted by Crippen LogP contribution is 2.21. The maximum Gasteiger partial charge on any atom is 0.254 e. The van der Waals surface area contributed by atoms with Gasteiger partial charge in [-0.2, -0.15) is 0 Å². The summed E-state index contributed by atoms with van der Waals surface area (Å²) in [5.41, 5.74) is 1.68. The molecule has 25 heavy (non-hydrogen) atoms. The number of aromatic nitrogens is 1. The lowest BCUT2D eigenvalue weighted by Crippen LogP contribution is -2.48. The van der Waals surface area contributed by atoms with E-state index in [4.69, 9.17) is 23.2 Å². The van der Waals surface area contributed by atoms with E-state index < -0.39 is 0 Å². The molecule has 2 aromatic rings. The number of benzene rings is 1. The molecule has 1 aromatic heterocycles.